The van der Waals surface area contributed by atoms with Crippen molar-refractivity contribution < 1.29 is 0 Å². The molecule has 0 spiro atoms. The highest BCUT2D eigenvalue weighted by molar-refractivity contribution is 7.05. The Morgan fingerprint density at radius 1 is 0.147 bits per heavy atom. The van der Waals surface area contributed by atoms with E-state index in [-0.39, 0.29) is 0 Å². The molecule has 0 aliphatic carbocycles. The van der Waals surface area contributed by atoms with Gasteiger partial charge < -0.3 is 33.4 Å². The van der Waals surface area contributed by atoms with Crippen molar-refractivity contribution in [3.63, 3.8) is 0 Å². The van der Waals surface area contributed by atoms with Crippen LogP contribution in [0.5, 0.6) is 0 Å². The highest BCUT2D eigenvalue weighted by Gasteiger charge is 2.22. The summed E-state index contributed by atoms with van der Waals surface area (Å²) >= 11 is 0. The Labute approximate surface area is 838 Å². The van der Waals surface area contributed by atoms with Crippen molar-refractivity contribution in [1.82, 2.24) is 9.13 Å². The Morgan fingerprint density at radius 2 is 0.308 bits per heavy atom. The van der Waals surface area contributed by atoms with Crippen LogP contribution in [0.25, 0.3) is 143 Å². The van der Waals surface area contributed by atoms with Crippen LogP contribution in [-0.2, 0) is 0 Å². The minimum absolute atomic E-state index is 1.12. The molecule has 9 heteroatoms. The molecule has 0 saturated carbocycles. The molecule has 23 aromatic carbocycles. The second-order valence-electron chi connectivity index (χ2n) is 35.2. The first-order valence-electron chi connectivity index (χ1n) is 48.3. The molecule has 7 nitrogen and oxygen atoms in total. The van der Waals surface area contributed by atoms with E-state index in [9.17, 15) is 0 Å². The number of benzene rings is 23. The quantitative estimate of drug-likeness (QED) is 0.0563. The largest absolute Gasteiger partial charge is 0.344 e. The number of anilines is 12. The summed E-state index contributed by atoms with van der Waals surface area (Å²) in [4.78, 5) is 9.29. The van der Waals surface area contributed by atoms with Gasteiger partial charge in [-0.05, 0) is 269 Å². The van der Waals surface area contributed by atoms with Crippen molar-refractivity contribution in [3.05, 3.63) is 582 Å². The molecule has 0 aliphatic heterocycles. The van der Waals surface area contributed by atoms with Crippen LogP contribution in [0.15, 0.2) is 587 Å². The first kappa shape index (κ1) is 89.7. The molecule has 0 unspecified atom stereocenters. The van der Waals surface area contributed by atoms with E-state index in [1.165, 1.54) is 143 Å². The summed E-state index contributed by atoms with van der Waals surface area (Å²) < 4.78 is 7.53. The van der Waals surface area contributed by atoms with Gasteiger partial charge in [0.25, 0.3) is 7.98 Å². The van der Waals surface area contributed by atoms with Crippen molar-refractivity contribution in [3.8, 4) is 78.1 Å². The highest BCUT2D eigenvalue weighted by atomic mass is 31.0. The third kappa shape index (κ3) is 19.0. The van der Waals surface area contributed by atoms with Gasteiger partial charge in [-0.25, -0.2) is 0 Å². The van der Waals surface area contributed by atoms with Gasteiger partial charge in [-0.1, -0.05) is 400 Å². The van der Waals surface area contributed by atoms with E-state index < -0.39 is 0 Å². The van der Waals surface area contributed by atoms with E-state index >= 15 is 0 Å². The standard InChI is InChI=1S/C48H34N2.C44H32N2.C42H30N2.BHNP/c1-3-11-35(12-4-1)38-23-29-42(30-24-38)49(41-13-5-2-6-14-41)43-31-25-39(26-32-43)36-19-21-37(22-20-36)40-27-33-44(34-28-40)50-47-17-9-7-15-45(47)46-16-8-10-18-48(46)50;1-3-17-37(18-4-1)45(43-23-11-15-35-13-7-9-21-41(35)43)39-29-25-33(26-30-39)34-27-31-40(32-28-34)46(38-19-5-2-6-20-38)44-24-12-16-36-14-8-10-22-42(36)44;1-3-11-35(12-4-1)43(36-13-5-2-6-14-36)37-27-23-33(24-28-37)31-19-21-32(22-20-31)34-25-29-38(30-26-34)44-41-17-9-7-15-39(41)40-16-8-10-18-42(40)44;1-2-3/h1-34H;1-32H;1-30H;3H. The fourth-order valence-corrected chi connectivity index (χ4v) is 19.8. The summed E-state index contributed by atoms with van der Waals surface area (Å²) in [6.07, 6.45) is 0. The highest BCUT2D eigenvalue weighted by Crippen LogP contribution is 2.46. The predicted molar refractivity (Wildman–Crippen MR) is 611 cm³/mol. The van der Waals surface area contributed by atoms with Crippen LogP contribution >= 0.6 is 9.03 Å². The molecule has 0 aliphatic rings. The summed E-state index contributed by atoms with van der Waals surface area (Å²) in [6.45, 7) is 0. The number of hydrogen-bond acceptors (Lipinski definition) is 5. The molecule has 2 aromatic heterocycles. The monoisotopic (exact) mass is 1850 g/mol. The zero-order chi connectivity index (χ0) is 96.0. The van der Waals surface area contributed by atoms with E-state index in [0.717, 1.165) is 68.2 Å². The lowest BCUT2D eigenvalue weighted by Gasteiger charge is -2.27. The number of nitrogens with zero attached hydrogens (tertiary/aromatic N) is 7. The normalized spacial score (nSPS) is 11.0. The third-order valence-corrected chi connectivity index (χ3v) is 26.7. The number of hydrogen-bond donors (Lipinski definition) is 0. The predicted octanol–water partition coefficient (Wildman–Crippen LogP) is 37.8. The zero-order valence-electron chi connectivity index (χ0n) is 78.6. The summed E-state index contributed by atoms with van der Waals surface area (Å²) in [6, 6.07) is 208. The van der Waals surface area contributed by atoms with Crippen LogP contribution in [0.3, 0.4) is 0 Å². The van der Waals surface area contributed by atoms with Gasteiger partial charge in [0, 0.05) is 101 Å². The fourth-order valence-electron chi connectivity index (χ4n) is 19.8. The lowest BCUT2D eigenvalue weighted by molar-refractivity contribution is 1.18. The van der Waals surface area contributed by atoms with Crippen molar-refractivity contribution in [2.45, 2.75) is 0 Å². The molecular weight excluding hydrogens is 1750 g/mol. The second kappa shape index (κ2) is 41.9. The molecule has 676 valence electrons. The van der Waals surface area contributed by atoms with Crippen LogP contribution in [0.4, 0.5) is 68.2 Å². The average molecular weight is 1850 g/mol. The lowest BCUT2D eigenvalue weighted by Crippen LogP contribution is -2.10. The van der Waals surface area contributed by atoms with E-state index in [1.54, 1.807) is 0 Å². The van der Waals surface area contributed by atoms with E-state index in [1.807, 2.05) is 0 Å². The maximum Gasteiger partial charge on any atom is 0.265 e. The molecular formula is C134H97BN7P. The number of para-hydroxylation sites is 9. The van der Waals surface area contributed by atoms with Crippen molar-refractivity contribution >= 4 is 150 Å². The summed E-state index contributed by atoms with van der Waals surface area (Å²) in [5.41, 5.74) is 35.2. The Morgan fingerprint density at radius 3 is 0.552 bits per heavy atom. The van der Waals surface area contributed by atoms with Crippen LogP contribution < -0.4 is 19.6 Å². The summed E-state index contributed by atoms with van der Waals surface area (Å²) in [7, 11) is 6.97. The minimum atomic E-state index is 1.12. The first-order chi connectivity index (χ1) is 70.9. The van der Waals surface area contributed by atoms with Crippen LogP contribution in [0.1, 0.15) is 0 Å². The maximum atomic E-state index is 4.39. The molecule has 0 N–H and O–H groups in total. The van der Waals surface area contributed by atoms with E-state index in [0.29, 0.717) is 0 Å². The Hall–Kier alpha value is -18.5. The Kier molecular flexibility index (Phi) is 26.3. The van der Waals surface area contributed by atoms with Gasteiger partial charge >= 0.3 is 0 Å². The van der Waals surface area contributed by atoms with Crippen molar-refractivity contribution in [2.24, 2.45) is 4.66 Å². The number of aromatic nitrogens is 2. The molecule has 0 saturated heterocycles. The zero-order valence-corrected chi connectivity index (χ0v) is 79.6. The minimum Gasteiger partial charge on any atom is -0.344 e. The molecule has 25 aromatic rings. The van der Waals surface area contributed by atoms with Gasteiger partial charge in [0.1, 0.15) is 0 Å². The van der Waals surface area contributed by atoms with Crippen LogP contribution in [-0.4, -0.2) is 17.1 Å². The molecule has 25 rings (SSSR count). The molecule has 0 bridgehead atoms. The van der Waals surface area contributed by atoms with Crippen LogP contribution in [0, 0.1) is 0 Å². The van der Waals surface area contributed by atoms with Crippen molar-refractivity contribution in [1.29, 1.82) is 0 Å². The van der Waals surface area contributed by atoms with Gasteiger partial charge in [0.2, 0.25) is 0 Å². The second-order valence-corrected chi connectivity index (χ2v) is 35.5. The Balaban J connectivity index is 0.000000121. The molecule has 143 heavy (non-hydrogen) atoms. The smallest absolute Gasteiger partial charge is 0.265 e. The third-order valence-electron chi connectivity index (χ3n) is 26.7. The van der Waals surface area contributed by atoms with E-state index in [2.05, 4.69) is 633 Å². The summed E-state index contributed by atoms with van der Waals surface area (Å²) in [5, 5.41) is 10.0. The van der Waals surface area contributed by atoms with Gasteiger partial charge in [0.15, 0.2) is 0 Å². The first-order valence-corrected chi connectivity index (χ1v) is 48.8. The molecule has 2 heterocycles. The molecule has 0 atom stereocenters. The Bertz CT molecular complexity index is 8320. The SMILES string of the molecule is [B]N=P.c1ccc(-c2ccc(N(c3ccccc3)c3ccc(-c4ccc(-c5ccc(-n6c7ccccc7c7ccccc76)cc5)cc4)cc3)cc2)cc1.c1ccc(N(c2ccc(-c3ccc(N(c4ccccc4)c4cccc5ccccc45)cc3)cc2)c2cccc3ccccc23)cc1.c1ccc(N(c2ccccc2)c2ccc(-c3ccc(-c4ccc(-n5c6ccccc6c6ccccc65)cc4)cc3)cc2)cc1. The van der Waals surface area contributed by atoms with Crippen LogP contribution in [0.2, 0.25) is 0 Å². The van der Waals surface area contributed by atoms with Gasteiger partial charge in [-0.3, -0.25) is 0 Å². The van der Waals surface area contributed by atoms with Gasteiger partial charge in [-0.15, -0.1) is 0 Å². The molecule has 2 radical (unpaired) electrons. The number of fused-ring (bicyclic) bond motifs is 8. The van der Waals surface area contributed by atoms with Gasteiger partial charge in [-0.2, -0.15) is 0 Å². The lowest BCUT2D eigenvalue weighted by atomic mass is 9.99. The number of rotatable bonds is 20. The van der Waals surface area contributed by atoms with Crippen molar-refractivity contribution in [2.75, 3.05) is 19.6 Å². The topological polar surface area (TPSA) is 35.2 Å². The molecule has 0 amide bonds. The van der Waals surface area contributed by atoms with Gasteiger partial charge in [0.05, 0.1) is 33.4 Å². The van der Waals surface area contributed by atoms with E-state index in [4.69, 9.17) is 0 Å². The fraction of sp³-hybridized carbons (Fsp3) is 0. The molecule has 0 fully saturated rings. The average Bonchev–Trinajstić information content (AvgIpc) is 1.59. The maximum absolute atomic E-state index is 4.39. The summed E-state index contributed by atoms with van der Waals surface area (Å²) in [5.74, 6) is 0.